The molecular weight excluding hydrogens is 216 g/mol. The molecule has 0 saturated heterocycles. The first kappa shape index (κ1) is 13.3. The van der Waals surface area contributed by atoms with Gasteiger partial charge in [0.05, 0.1) is 7.11 Å². The third-order valence-electron chi connectivity index (χ3n) is 2.34. The Hall–Kier alpha value is -1.77. The highest BCUT2D eigenvalue weighted by Crippen LogP contribution is 2.16. The van der Waals surface area contributed by atoms with Gasteiger partial charge in [0.1, 0.15) is 12.4 Å². The van der Waals surface area contributed by atoms with E-state index in [4.69, 9.17) is 4.74 Å². The molecule has 0 bridgehead atoms. The summed E-state index contributed by atoms with van der Waals surface area (Å²) in [5.74, 6) is 0.491. The summed E-state index contributed by atoms with van der Waals surface area (Å²) in [6.45, 7) is 6.12. The summed E-state index contributed by atoms with van der Waals surface area (Å²) in [6.07, 6.45) is 1.71. The monoisotopic (exact) mass is 234 g/mol. The number of hydrogen-bond acceptors (Lipinski definition) is 3. The predicted molar refractivity (Wildman–Crippen MR) is 67.2 cm³/mol. The Labute approximate surface area is 102 Å². The van der Waals surface area contributed by atoms with E-state index in [1.54, 1.807) is 13.0 Å². The fourth-order valence-electron chi connectivity index (χ4n) is 1.52. The zero-order valence-electron chi connectivity index (χ0n) is 10.7. The summed E-state index contributed by atoms with van der Waals surface area (Å²) >= 11 is 0. The lowest BCUT2D eigenvalue weighted by Gasteiger charge is -2.06. The number of hydrogen-bond donors (Lipinski definition) is 0. The van der Waals surface area contributed by atoms with E-state index >= 15 is 0 Å². The lowest BCUT2D eigenvalue weighted by molar-refractivity contribution is -0.136. The minimum absolute atomic E-state index is 0.325. The molecule has 0 unspecified atom stereocenters. The highest BCUT2D eigenvalue weighted by atomic mass is 16.5. The van der Waals surface area contributed by atoms with Crippen LogP contribution in [-0.4, -0.2) is 19.7 Å². The largest absolute Gasteiger partial charge is 0.489 e. The van der Waals surface area contributed by atoms with Crippen molar-refractivity contribution in [3.05, 3.63) is 41.0 Å². The van der Waals surface area contributed by atoms with Crippen molar-refractivity contribution in [1.82, 2.24) is 0 Å². The minimum atomic E-state index is -0.325. The molecule has 0 aliphatic heterocycles. The Morgan fingerprint density at radius 1 is 1.24 bits per heavy atom. The average molecular weight is 234 g/mol. The molecule has 1 aromatic carbocycles. The summed E-state index contributed by atoms with van der Waals surface area (Å²) in [4.78, 5) is 11.1. The molecule has 0 aromatic heterocycles. The zero-order valence-corrected chi connectivity index (χ0v) is 10.7. The Kier molecular flexibility index (Phi) is 4.76. The van der Waals surface area contributed by atoms with E-state index < -0.39 is 0 Å². The van der Waals surface area contributed by atoms with Gasteiger partial charge in [0.15, 0.2) is 0 Å². The maximum atomic E-state index is 11.1. The van der Waals surface area contributed by atoms with Crippen molar-refractivity contribution < 1.29 is 14.3 Å². The van der Waals surface area contributed by atoms with Crippen molar-refractivity contribution >= 4 is 5.97 Å². The van der Waals surface area contributed by atoms with Crippen LogP contribution in [0.1, 0.15) is 18.1 Å². The van der Waals surface area contributed by atoms with Crippen molar-refractivity contribution in [3.8, 4) is 5.75 Å². The van der Waals surface area contributed by atoms with Gasteiger partial charge in [0.25, 0.3) is 0 Å². The number of rotatable bonds is 4. The van der Waals surface area contributed by atoms with Crippen LogP contribution >= 0.6 is 0 Å². The first-order chi connectivity index (χ1) is 8.02. The van der Waals surface area contributed by atoms with Crippen molar-refractivity contribution in [2.45, 2.75) is 20.8 Å². The normalized spacial score (nSPS) is 11.2. The van der Waals surface area contributed by atoms with E-state index in [0.29, 0.717) is 12.2 Å². The van der Waals surface area contributed by atoms with Gasteiger partial charge in [0, 0.05) is 5.57 Å². The molecule has 3 nitrogen and oxygen atoms in total. The van der Waals surface area contributed by atoms with E-state index in [1.807, 2.05) is 26.0 Å². The fourth-order valence-corrected chi connectivity index (χ4v) is 1.52. The maximum absolute atomic E-state index is 11.1. The van der Waals surface area contributed by atoms with Crippen molar-refractivity contribution in [3.63, 3.8) is 0 Å². The van der Waals surface area contributed by atoms with Gasteiger partial charge in [-0.25, -0.2) is 4.79 Å². The predicted octanol–water partition coefficient (Wildman–Crippen LogP) is 2.80. The van der Waals surface area contributed by atoms with Gasteiger partial charge in [-0.1, -0.05) is 6.07 Å². The van der Waals surface area contributed by atoms with Crippen LogP contribution in [0.25, 0.3) is 0 Å². The molecule has 0 amide bonds. The quantitative estimate of drug-likeness (QED) is 0.593. The highest BCUT2D eigenvalue weighted by molar-refractivity contribution is 5.87. The van der Waals surface area contributed by atoms with Gasteiger partial charge in [0.2, 0.25) is 0 Å². The first-order valence-corrected chi connectivity index (χ1v) is 5.49. The third kappa shape index (κ3) is 4.31. The van der Waals surface area contributed by atoms with Crippen LogP contribution in [0.2, 0.25) is 0 Å². The molecule has 0 N–H and O–H groups in total. The van der Waals surface area contributed by atoms with Crippen molar-refractivity contribution in [1.29, 1.82) is 0 Å². The van der Waals surface area contributed by atoms with E-state index in [1.165, 1.54) is 7.11 Å². The summed E-state index contributed by atoms with van der Waals surface area (Å²) in [5.41, 5.74) is 2.87. The van der Waals surface area contributed by atoms with Crippen LogP contribution in [-0.2, 0) is 9.53 Å². The Bertz CT molecular complexity index is 413. The summed E-state index contributed by atoms with van der Waals surface area (Å²) < 4.78 is 10.1. The van der Waals surface area contributed by atoms with Gasteiger partial charge in [-0.2, -0.15) is 0 Å². The molecule has 1 aromatic rings. The van der Waals surface area contributed by atoms with Crippen molar-refractivity contribution in [2.24, 2.45) is 0 Å². The van der Waals surface area contributed by atoms with Crippen LogP contribution < -0.4 is 4.74 Å². The van der Waals surface area contributed by atoms with Crippen LogP contribution in [0.4, 0.5) is 0 Å². The summed E-state index contributed by atoms with van der Waals surface area (Å²) in [6, 6.07) is 6.02. The van der Waals surface area contributed by atoms with Crippen LogP contribution in [0.5, 0.6) is 5.75 Å². The molecule has 0 fully saturated rings. The molecule has 0 atom stereocenters. The Balaban J connectivity index is 2.59. The second-order valence-corrected chi connectivity index (χ2v) is 4.01. The number of carbonyl (C=O) groups excluding carboxylic acids is 1. The molecule has 17 heavy (non-hydrogen) atoms. The second-order valence-electron chi connectivity index (χ2n) is 4.01. The molecular formula is C14H18O3. The molecule has 92 valence electrons. The molecule has 0 radical (unpaired) electrons. The summed E-state index contributed by atoms with van der Waals surface area (Å²) in [5, 5.41) is 0. The van der Waals surface area contributed by atoms with Crippen LogP contribution in [0.15, 0.2) is 29.8 Å². The molecule has 0 heterocycles. The molecule has 0 aliphatic carbocycles. The van der Waals surface area contributed by atoms with Gasteiger partial charge in [-0.05, 0) is 50.1 Å². The molecule has 0 saturated carbocycles. The Morgan fingerprint density at radius 2 is 1.82 bits per heavy atom. The number of methoxy groups -OCH3 is 1. The van der Waals surface area contributed by atoms with Crippen molar-refractivity contribution in [2.75, 3.05) is 13.7 Å². The van der Waals surface area contributed by atoms with E-state index in [0.717, 1.165) is 16.9 Å². The topological polar surface area (TPSA) is 35.5 Å². The lowest BCUT2D eigenvalue weighted by Crippen LogP contribution is -2.04. The number of carbonyl (C=O) groups is 1. The first-order valence-electron chi connectivity index (χ1n) is 5.49. The van der Waals surface area contributed by atoms with Crippen LogP contribution in [0.3, 0.4) is 0 Å². The third-order valence-corrected chi connectivity index (χ3v) is 2.34. The number of benzene rings is 1. The molecule has 0 spiro atoms. The van der Waals surface area contributed by atoms with E-state index in [9.17, 15) is 4.79 Å². The molecule has 1 rings (SSSR count). The van der Waals surface area contributed by atoms with Crippen LogP contribution in [0, 0.1) is 13.8 Å². The van der Waals surface area contributed by atoms with Gasteiger partial charge in [-0.3, -0.25) is 0 Å². The van der Waals surface area contributed by atoms with E-state index in [-0.39, 0.29) is 5.97 Å². The minimum Gasteiger partial charge on any atom is -0.489 e. The second kappa shape index (κ2) is 6.09. The standard InChI is InChI=1S/C14H18O3/c1-10-7-11(2)9-13(8-10)17-6-5-12(3)14(15)16-4/h5,7-9H,6H2,1-4H3. The number of ether oxygens (including phenoxy) is 2. The van der Waals surface area contributed by atoms with E-state index in [2.05, 4.69) is 10.8 Å². The Morgan fingerprint density at radius 3 is 2.35 bits per heavy atom. The highest BCUT2D eigenvalue weighted by Gasteiger charge is 2.02. The fraction of sp³-hybridized carbons (Fsp3) is 0.357. The zero-order chi connectivity index (χ0) is 12.8. The van der Waals surface area contributed by atoms with Gasteiger partial charge < -0.3 is 9.47 Å². The van der Waals surface area contributed by atoms with Gasteiger partial charge >= 0.3 is 5.97 Å². The number of esters is 1. The maximum Gasteiger partial charge on any atom is 0.333 e. The average Bonchev–Trinajstić information content (AvgIpc) is 2.26. The smallest absolute Gasteiger partial charge is 0.333 e. The SMILES string of the molecule is COC(=O)C(C)=CCOc1cc(C)cc(C)c1. The number of aryl methyl sites for hydroxylation is 2. The molecule has 0 aliphatic rings. The molecule has 3 heteroatoms. The summed E-state index contributed by atoms with van der Waals surface area (Å²) in [7, 11) is 1.37. The lowest BCUT2D eigenvalue weighted by atomic mass is 10.1. The van der Waals surface area contributed by atoms with Gasteiger partial charge in [-0.15, -0.1) is 0 Å².